The summed E-state index contributed by atoms with van der Waals surface area (Å²) in [6, 6.07) is 5.21. The van der Waals surface area contributed by atoms with Crippen molar-refractivity contribution in [1.29, 1.82) is 0 Å². The lowest BCUT2D eigenvalue weighted by atomic mass is 9.95. The summed E-state index contributed by atoms with van der Waals surface area (Å²) in [6.07, 6.45) is -1.60. The molecule has 106 valence electrons. The average Bonchev–Trinajstić information content (AvgIpc) is 2.37. The van der Waals surface area contributed by atoms with Crippen molar-refractivity contribution in [3.8, 4) is 0 Å². The molecule has 1 saturated carbocycles. The molecule has 1 aliphatic rings. The molecule has 0 unspecified atom stereocenters. The van der Waals surface area contributed by atoms with Gasteiger partial charge in [-0.15, -0.1) is 0 Å². The van der Waals surface area contributed by atoms with Crippen molar-refractivity contribution in [2.45, 2.75) is 50.7 Å². The zero-order chi connectivity index (χ0) is 13.9. The number of hydrogen-bond acceptors (Lipinski definition) is 2. The van der Waals surface area contributed by atoms with E-state index in [-0.39, 0.29) is 18.8 Å². The highest BCUT2D eigenvalue weighted by molar-refractivity contribution is 5.25. The maximum Gasteiger partial charge on any atom is 0.416 e. The summed E-state index contributed by atoms with van der Waals surface area (Å²) >= 11 is 0. The maximum atomic E-state index is 12.5. The molecule has 0 radical (unpaired) electrons. The first-order valence-electron chi connectivity index (χ1n) is 6.41. The van der Waals surface area contributed by atoms with Crippen LogP contribution in [0.1, 0.15) is 36.8 Å². The second-order valence-corrected chi connectivity index (χ2v) is 4.94. The van der Waals surface area contributed by atoms with Crippen LogP contribution < -0.4 is 0 Å². The fourth-order valence-electron chi connectivity index (χ4n) is 2.26. The smallest absolute Gasteiger partial charge is 0.393 e. The van der Waals surface area contributed by atoms with Crippen LogP contribution in [-0.4, -0.2) is 17.3 Å². The van der Waals surface area contributed by atoms with Crippen molar-refractivity contribution in [3.05, 3.63) is 35.4 Å². The highest BCUT2D eigenvalue weighted by Crippen LogP contribution is 2.30. The first-order valence-corrected chi connectivity index (χ1v) is 6.41. The normalized spacial score (nSPS) is 24.4. The van der Waals surface area contributed by atoms with Crippen LogP contribution in [0.2, 0.25) is 0 Å². The molecule has 1 aromatic rings. The Bertz CT molecular complexity index is 409. The molecule has 0 aromatic heterocycles. The molecule has 1 fully saturated rings. The third kappa shape index (κ3) is 4.21. The van der Waals surface area contributed by atoms with Crippen LogP contribution in [0.15, 0.2) is 24.3 Å². The zero-order valence-electron chi connectivity index (χ0n) is 10.5. The van der Waals surface area contributed by atoms with E-state index >= 15 is 0 Å². The van der Waals surface area contributed by atoms with Crippen LogP contribution in [0.3, 0.4) is 0 Å². The molecule has 2 rings (SSSR count). The molecule has 1 aliphatic carbocycles. The van der Waals surface area contributed by atoms with Gasteiger partial charge in [0, 0.05) is 0 Å². The predicted molar refractivity (Wildman–Crippen MR) is 64.5 cm³/mol. The average molecular weight is 274 g/mol. The van der Waals surface area contributed by atoms with Gasteiger partial charge in [-0.25, -0.2) is 0 Å². The standard InChI is InChI=1S/C14H17F3O2/c15-14(16,17)11-3-1-2-10(8-11)9-19-13-6-4-12(18)5-7-13/h1-3,8,12-13,18H,4-7,9H2. The molecule has 5 heteroatoms. The van der Waals surface area contributed by atoms with Gasteiger partial charge in [-0.1, -0.05) is 12.1 Å². The molecule has 0 aliphatic heterocycles. The number of hydrogen-bond donors (Lipinski definition) is 1. The van der Waals surface area contributed by atoms with Gasteiger partial charge in [-0.05, 0) is 43.4 Å². The van der Waals surface area contributed by atoms with Crippen molar-refractivity contribution in [3.63, 3.8) is 0 Å². The third-order valence-electron chi connectivity index (χ3n) is 3.38. The summed E-state index contributed by atoms with van der Waals surface area (Å²) in [5.41, 5.74) is -0.117. The van der Waals surface area contributed by atoms with Crippen molar-refractivity contribution in [1.82, 2.24) is 0 Å². The summed E-state index contributed by atoms with van der Waals surface area (Å²) in [6.45, 7) is 0.185. The lowest BCUT2D eigenvalue weighted by molar-refractivity contribution is -0.137. The number of halogens is 3. The molecule has 1 aromatic carbocycles. The molecule has 0 saturated heterocycles. The van der Waals surface area contributed by atoms with Gasteiger partial charge in [0.05, 0.1) is 24.4 Å². The Morgan fingerprint density at radius 3 is 2.47 bits per heavy atom. The second-order valence-electron chi connectivity index (χ2n) is 4.94. The van der Waals surface area contributed by atoms with Crippen molar-refractivity contribution in [2.75, 3.05) is 0 Å². The van der Waals surface area contributed by atoms with Gasteiger partial charge in [0.15, 0.2) is 0 Å². The van der Waals surface area contributed by atoms with Gasteiger partial charge in [-0.2, -0.15) is 13.2 Å². The molecule has 0 amide bonds. The highest BCUT2D eigenvalue weighted by atomic mass is 19.4. The van der Waals surface area contributed by atoms with Gasteiger partial charge >= 0.3 is 6.18 Å². The zero-order valence-corrected chi connectivity index (χ0v) is 10.5. The van der Waals surface area contributed by atoms with E-state index < -0.39 is 11.7 Å². The monoisotopic (exact) mass is 274 g/mol. The van der Waals surface area contributed by atoms with Crippen molar-refractivity contribution < 1.29 is 23.0 Å². The Labute approximate surface area is 110 Å². The number of alkyl halides is 3. The molecule has 19 heavy (non-hydrogen) atoms. The van der Waals surface area contributed by atoms with Crippen LogP contribution in [0.25, 0.3) is 0 Å². The lowest BCUT2D eigenvalue weighted by Gasteiger charge is -2.25. The molecule has 0 bridgehead atoms. The lowest BCUT2D eigenvalue weighted by Crippen LogP contribution is -2.24. The number of aliphatic hydroxyl groups excluding tert-OH is 1. The molecule has 0 heterocycles. The SMILES string of the molecule is OC1CCC(OCc2cccc(C(F)(F)F)c2)CC1. The Balaban J connectivity index is 1.89. The Morgan fingerprint density at radius 2 is 1.84 bits per heavy atom. The summed E-state index contributed by atoms with van der Waals surface area (Å²) in [7, 11) is 0. The molecular formula is C14H17F3O2. The topological polar surface area (TPSA) is 29.5 Å². The third-order valence-corrected chi connectivity index (χ3v) is 3.38. The maximum absolute atomic E-state index is 12.5. The first-order chi connectivity index (χ1) is 8.95. The van der Waals surface area contributed by atoms with Crippen LogP contribution in [-0.2, 0) is 17.5 Å². The first kappa shape index (κ1) is 14.3. The van der Waals surface area contributed by atoms with E-state index in [0.717, 1.165) is 25.0 Å². The Kier molecular flexibility index (Phi) is 4.47. The summed E-state index contributed by atoms with van der Waals surface area (Å²) < 4.78 is 43.2. The van der Waals surface area contributed by atoms with Gasteiger partial charge in [0.1, 0.15) is 0 Å². The Hall–Kier alpha value is -1.07. The van der Waals surface area contributed by atoms with E-state index in [1.54, 1.807) is 6.07 Å². The largest absolute Gasteiger partial charge is 0.416 e. The van der Waals surface area contributed by atoms with Crippen molar-refractivity contribution >= 4 is 0 Å². The van der Waals surface area contributed by atoms with E-state index in [9.17, 15) is 18.3 Å². The fraction of sp³-hybridized carbons (Fsp3) is 0.571. The second kappa shape index (κ2) is 5.92. The van der Waals surface area contributed by atoms with E-state index in [0.29, 0.717) is 18.4 Å². The van der Waals surface area contributed by atoms with Gasteiger partial charge in [0.25, 0.3) is 0 Å². The number of rotatable bonds is 3. The van der Waals surface area contributed by atoms with Gasteiger partial charge in [0.2, 0.25) is 0 Å². The van der Waals surface area contributed by atoms with Gasteiger partial charge < -0.3 is 9.84 Å². The summed E-state index contributed by atoms with van der Waals surface area (Å²) in [5, 5.41) is 9.36. The molecule has 0 spiro atoms. The minimum absolute atomic E-state index is 0.0398. The Morgan fingerprint density at radius 1 is 1.16 bits per heavy atom. The number of aliphatic hydroxyl groups is 1. The summed E-state index contributed by atoms with van der Waals surface area (Å²) in [5.74, 6) is 0. The molecular weight excluding hydrogens is 257 g/mol. The highest BCUT2D eigenvalue weighted by Gasteiger charge is 2.30. The summed E-state index contributed by atoms with van der Waals surface area (Å²) in [4.78, 5) is 0. The predicted octanol–water partition coefficient (Wildman–Crippen LogP) is 3.53. The molecule has 0 atom stereocenters. The molecule has 1 N–H and O–H groups in total. The van der Waals surface area contributed by atoms with Crippen molar-refractivity contribution in [2.24, 2.45) is 0 Å². The minimum atomic E-state index is -4.31. The fourth-order valence-corrected chi connectivity index (χ4v) is 2.26. The van der Waals surface area contributed by atoms with E-state index in [1.165, 1.54) is 6.07 Å². The number of benzene rings is 1. The quantitative estimate of drug-likeness (QED) is 0.913. The van der Waals surface area contributed by atoms with Crippen LogP contribution in [0.4, 0.5) is 13.2 Å². The number of ether oxygens (including phenoxy) is 1. The molecule has 2 nitrogen and oxygen atoms in total. The van der Waals surface area contributed by atoms with E-state index in [1.807, 2.05) is 0 Å². The van der Waals surface area contributed by atoms with E-state index in [2.05, 4.69) is 0 Å². The van der Waals surface area contributed by atoms with Crippen LogP contribution >= 0.6 is 0 Å². The van der Waals surface area contributed by atoms with Crippen LogP contribution in [0.5, 0.6) is 0 Å². The van der Waals surface area contributed by atoms with E-state index in [4.69, 9.17) is 4.74 Å². The van der Waals surface area contributed by atoms with Gasteiger partial charge in [-0.3, -0.25) is 0 Å². The van der Waals surface area contributed by atoms with Crippen LogP contribution in [0, 0.1) is 0 Å². The minimum Gasteiger partial charge on any atom is -0.393 e.